The Balaban J connectivity index is 1.46. The molecule has 2 heteroatoms. The van der Waals surface area contributed by atoms with E-state index in [4.69, 9.17) is 0 Å². The van der Waals surface area contributed by atoms with Gasteiger partial charge in [-0.2, -0.15) is 0 Å². The number of benzene rings is 7. The van der Waals surface area contributed by atoms with Gasteiger partial charge in [0.25, 0.3) is 0 Å². The van der Waals surface area contributed by atoms with E-state index >= 15 is 0 Å². The highest BCUT2D eigenvalue weighted by Gasteiger charge is 2.38. The first-order chi connectivity index (χ1) is 22.1. The Morgan fingerprint density at radius 3 is 1.76 bits per heavy atom. The third-order valence-corrected chi connectivity index (χ3v) is 9.21. The molecule has 45 heavy (non-hydrogen) atoms. The van der Waals surface area contributed by atoms with Gasteiger partial charge < -0.3 is 9.80 Å². The minimum Gasteiger partial charge on any atom is -0.308 e. The van der Waals surface area contributed by atoms with E-state index in [1.807, 2.05) is 0 Å². The molecule has 0 aliphatic carbocycles. The lowest BCUT2D eigenvalue weighted by molar-refractivity contribution is 0.632. The van der Waals surface area contributed by atoms with Crippen LogP contribution in [-0.4, -0.2) is 0 Å². The second-order valence-corrected chi connectivity index (χ2v) is 12.2. The van der Waals surface area contributed by atoms with E-state index in [1.54, 1.807) is 0 Å². The van der Waals surface area contributed by atoms with E-state index in [-0.39, 0.29) is 5.41 Å². The summed E-state index contributed by atoms with van der Waals surface area (Å²) in [6.07, 6.45) is 0. The zero-order valence-electron chi connectivity index (χ0n) is 25.6. The molecule has 1 aliphatic heterocycles. The van der Waals surface area contributed by atoms with E-state index in [9.17, 15) is 0 Å². The highest BCUT2D eigenvalue weighted by atomic mass is 15.2. The summed E-state index contributed by atoms with van der Waals surface area (Å²) in [6, 6.07) is 61.4. The molecule has 7 aromatic rings. The first-order valence-electron chi connectivity index (χ1n) is 15.6. The zero-order valence-corrected chi connectivity index (χ0v) is 25.6. The van der Waals surface area contributed by atoms with Crippen LogP contribution in [0.4, 0.5) is 34.1 Å². The van der Waals surface area contributed by atoms with Crippen LogP contribution in [-0.2, 0) is 5.41 Å². The van der Waals surface area contributed by atoms with Crippen molar-refractivity contribution in [3.05, 3.63) is 181 Å². The summed E-state index contributed by atoms with van der Waals surface area (Å²) in [4.78, 5) is 4.91. The van der Waals surface area contributed by atoms with Gasteiger partial charge in [-0.3, -0.25) is 0 Å². The van der Waals surface area contributed by atoms with Crippen LogP contribution in [0.1, 0.15) is 25.0 Å². The van der Waals surface area contributed by atoms with E-state index in [0.29, 0.717) is 0 Å². The molecule has 0 N–H and O–H groups in total. The number of hydrogen-bond donors (Lipinski definition) is 0. The molecule has 0 saturated heterocycles. The maximum atomic E-state index is 2.52. The smallest absolute Gasteiger partial charge is 0.0781 e. The van der Waals surface area contributed by atoms with Crippen molar-refractivity contribution in [2.45, 2.75) is 19.3 Å². The average molecular weight is 579 g/mol. The van der Waals surface area contributed by atoms with Crippen LogP contribution in [0.5, 0.6) is 0 Å². The van der Waals surface area contributed by atoms with Crippen molar-refractivity contribution in [2.24, 2.45) is 0 Å². The summed E-state index contributed by atoms with van der Waals surface area (Å²) < 4.78 is 0. The topological polar surface area (TPSA) is 6.48 Å². The van der Waals surface area contributed by atoms with Crippen molar-refractivity contribution in [2.75, 3.05) is 9.80 Å². The lowest BCUT2D eigenvalue weighted by atomic mass is 9.72. The van der Waals surface area contributed by atoms with Gasteiger partial charge in [-0.05, 0) is 76.2 Å². The van der Waals surface area contributed by atoms with Gasteiger partial charge in [0.2, 0.25) is 0 Å². The summed E-state index contributed by atoms with van der Waals surface area (Å²) in [5, 5.41) is 2.42. The molecule has 0 atom stereocenters. The lowest BCUT2D eigenvalue weighted by Crippen LogP contribution is -2.31. The molecule has 0 spiro atoms. The van der Waals surface area contributed by atoms with Gasteiger partial charge in [0, 0.05) is 22.2 Å². The van der Waals surface area contributed by atoms with Gasteiger partial charge in [0.1, 0.15) is 0 Å². The van der Waals surface area contributed by atoms with Gasteiger partial charge in [-0.15, -0.1) is 0 Å². The number of anilines is 6. The Hall–Kier alpha value is -5.60. The molecule has 0 amide bonds. The zero-order chi connectivity index (χ0) is 30.4. The number of rotatable bonds is 5. The van der Waals surface area contributed by atoms with Crippen LogP contribution in [0.25, 0.3) is 21.9 Å². The molecule has 1 aliphatic rings. The van der Waals surface area contributed by atoms with Gasteiger partial charge in [0.15, 0.2) is 0 Å². The summed E-state index contributed by atoms with van der Waals surface area (Å²) in [6.45, 7) is 4.72. The Bertz CT molecular complexity index is 2090. The quantitative estimate of drug-likeness (QED) is 0.200. The standard InChI is InChI=1S/C43H34N2/c1-43(2)37-24-14-15-25-39(37)45(40-28-27-33(30-38(40)43)31-16-6-3-7-17-31)42-36-23-13-12-18-32(36)26-29-41(42)44(34-19-8-4-9-20-34)35-21-10-5-11-22-35/h3-30H,1-2H3. The van der Waals surface area contributed by atoms with Gasteiger partial charge >= 0.3 is 0 Å². The second-order valence-electron chi connectivity index (χ2n) is 12.2. The Morgan fingerprint density at radius 1 is 0.467 bits per heavy atom. The minimum absolute atomic E-state index is 0.198. The molecule has 0 bridgehead atoms. The molecule has 1 heterocycles. The molecule has 7 aromatic carbocycles. The summed E-state index contributed by atoms with van der Waals surface area (Å²) in [7, 11) is 0. The first-order valence-corrected chi connectivity index (χ1v) is 15.6. The van der Waals surface area contributed by atoms with Crippen molar-refractivity contribution < 1.29 is 0 Å². The van der Waals surface area contributed by atoms with E-state index in [2.05, 4.69) is 194 Å². The van der Waals surface area contributed by atoms with Crippen molar-refractivity contribution >= 4 is 44.9 Å². The number of para-hydroxylation sites is 3. The van der Waals surface area contributed by atoms with Crippen LogP contribution < -0.4 is 9.80 Å². The first kappa shape index (κ1) is 27.0. The predicted octanol–water partition coefficient (Wildman–Crippen LogP) is 12.1. The van der Waals surface area contributed by atoms with Gasteiger partial charge in [-0.25, -0.2) is 0 Å². The maximum Gasteiger partial charge on any atom is 0.0781 e. The monoisotopic (exact) mass is 578 g/mol. The molecule has 0 fully saturated rings. The van der Waals surface area contributed by atoms with Crippen LogP contribution in [0.3, 0.4) is 0 Å². The molecule has 0 unspecified atom stereocenters. The molecule has 0 saturated carbocycles. The summed E-state index contributed by atoms with van der Waals surface area (Å²) >= 11 is 0. The Morgan fingerprint density at radius 2 is 1.04 bits per heavy atom. The minimum atomic E-state index is -0.198. The molecule has 0 radical (unpaired) electrons. The summed E-state index contributed by atoms with van der Waals surface area (Å²) in [5.74, 6) is 0. The highest BCUT2D eigenvalue weighted by molar-refractivity contribution is 6.08. The Kier molecular flexibility index (Phi) is 6.50. The molecular formula is C43H34N2. The fourth-order valence-corrected chi connectivity index (χ4v) is 7.00. The van der Waals surface area contributed by atoms with Crippen LogP contribution in [0.15, 0.2) is 170 Å². The molecule has 0 aromatic heterocycles. The fraction of sp³-hybridized carbons (Fsp3) is 0.0698. The van der Waals surface area contributed by atoms with Crippen LogP contribution in [0, 0.1) is 0 Å². The van der Waals surface area contributed by atoms with E-state index in [0.717, 1.165) is 22.7 Å². The molecule has 2 nitrogen and oxygen atoms in total. The highest BCUT2D eigenvalue weighted by Crippen LogP contribution is 2.56. The van der Waals surface area contributed by atoms with Gasteiger partial charge in [-0.1, -0.05) is 135 Å². The fourth-order valence-electron chi connectivity index (χ4n) is 7.00. The van der Waals surface area contributed by atoms with E-state index < -0.39 is 0 Å². The average Bonchev–Trinajstić information content (AvgIpc) is 3.10. The molecule has 8 rings (SSSR count). The number of nitrogens with zero attached hydrogens (tertiary/aromatic N) is 2. The normalized spacial score (nSPS) is 13.2. The van der Waals surface area contributed by atoms with Crippen molar-refractivity contribution in [1.82, 2.24) is 0 Å². The number of fused-ring (bicyclic) bond motifs is 3. The molecule has 216 valence electrons. The molecular weight excluding hydrogens is 544 g/mol. The summed E-state index contributed by atoms with van der Waals surface area (Å²) in [5.41, 5.74) is 11.8. The number of hydrogen-bond acceptors (Lipinski definition) is 2. The van der Waals surface area contributed by atoms with Crippen molar-refractivity contribution in [3.63, 3.8) is 0 Å². The lowest BCUT2D eigenvalue weighted by Gasteiger charge is -2.44. The van der Waals surface area contributed by atoms with Gasteiger partial charge in [0.05, 0.1) is 22.7 Å². The predicted molar refractivity (Wildman–Crippen MR) is 191 cm³/mol. The SMILES string of the molecule is CC1(C)c2ccccc2N(c2c(N(c3ccccc3)c3ccccc3)ccc3ccccc23)c2ccc(-c3ccccc3)cc21. The van der Waals surface area contributed by atoms with Crippen LogP contribution in [0.2, 0.25) is 0 Å². The van der Waals surface area contributed by atoms with Crippen molar-refractivity contribution in [1.29, 1.82) is 0 Å². The second kappa shape index (κ2) is 10.8. The van der Waals surface area contributed by atoms with Crippen LogP contribution >= 0.6 is 0 Å². The largest absolute Gasteiger partial charge is 0.308 e. The van der Waals surface area contributed by atoms with Crippen molar-refractivity contribution in [3.8, 4) is 11.1 Å². The Labute approximate surface area is 265 Å². The van der Waals surface area contributed by atoms with E-state index in [1.165, 1.54) is 44.4 Å². The third kappa shape index (κ3) is 4.49. The third-order valence-electron chi connectivity index (χ3n) is 9.21. The maximum absolute atomic E-state index is 2.52.